The maximum absolute atomic E-state index is 7.80. The molecule has 5 aliphatic rings. The van der Waals surface area contributed by atoms with Gasteiger partial charge in [-0.05, 0) is 192 Å². The molecule has 0 spiro atoms. The molecule has 1 aromatic heterocycles. The number of nitrogens with zero attached hydrogens (tertiary/aromatic N) is 2. The second-order valence-electron chi connectivity index (χ2n) is 27.1. The standard InChI is InChI=1S/C72H71BN2O/c1-44-37-61-64-62(38-44)75(49-31-32-51-50-25-19-20-26-53(50)72(54(51)39-49,46-21-15-13-16-22-46)47-23-17-14-18-24-47)65-52-40-55-58(71(11,12)36-33-68(55,5)6)43-63(52)76-66(65)73(64)59-41-56-57(70(9,10)35-34-69(56,7)8)42-60(59)74(61)48-29-27-45(28-30-48)67(2,3)4/h13-32,37-43H,33-36H2,1-12H3. The van der Waals surface area contributed by atoms with Crippen LogP contribution in [0.25, 0.3) is 22.1 Å². The Kier molecular flexibility index (Phi) is 9.85. The highest BCUT2D eigenvalue weighted by atomic mass is 16.3. The van der Waals surface area contributed by atoms with E-state index in [0.717, 1.165) is 48.3 Å². The zero-order valence-corrected chi connectivity index (χ0v) is 46.8. The van der Waals surface area contributed by atoms with Gasteiger partial charge < -0.3 is 14.2 Å². The minimum atomic E-state index is -0.556. The van der Waals surface area contributed by atoms with Crippen LogP contribution in [0.5, 0.6) is 0 Å². The molecule has 14 rings (SSSR count). The first-order valence-electron chi connectivity index (χ1n) is 28.2. The van der Waals surface area contributed by atoms with E-state index >= 15 is 0 Å². The first-order valence-corrected chi connectivity index (χ1v) is 28.2. The lowest BCUT2D eigenvalue weighted by Gasteiger charge is -2.46. The van der Waals surface area contributed by atoms with Gasteiger partial charge in [-0.15, -0.1) is 0 Å². The number of anilines is 6. The lowest BCUT2D eigenvalue weighted by molar-refractivity contribution is 0.332. The number of fused-ring (bicyclic) bond motifs is 11. The largest absolute Gasteiger partial charge is 0.468 e. The molecule has 0 saturated heterocycles. The highest BCUT2D eigenvalue weighted by molar-refractivity contribution is 7.00. The molecule has 76 heavy (non-hydrogen) atoms. The van der Waals surface area contributed by atoms with Gasteiger partial charge in [0.05, 0.1) is 16.8 Å². The van der Waals surface area contributed by atoms with Crippen molar-refractivity contribution in [2.75, 3.05) is 9.80 Å². The Bertz CT molecular complexity index is 3840. The van der Waals surface area contributed by atoms with E-state index in [1.165, 1.54) is 106 Å². The smallest absolute Gasteiger partial charge is 0.297 e. The zero-order chi connectivity index (χ0) is 52.6. The molecule has 3 heterocycles. The molecule has 0 N–H and O–H groups in total. The maximum atomic E-state index is 7.80. The Balaban J connectivity index is 1.11. The van der Waals surface area contributed by atoms with E-state index in [-0.39, 0.29) is 33.8 Å². The molecule has 4 heteroatoms. The van der Waals surface area contributed by atoms with Crippen LogP contribution in [0.3, 0.4) is 0 Å². The van der Waals surface area contributed by atoms with Crippen molar-refractivity contribution in [3.05, 3.63) is 219 Å². The molecule has 378 valence electrons. The number of aryl methyl sites for hydroxylation is 1. The van der Waals surface area contributed by atoms with Crippen LogP contribution in [0.4, 0.5) is 34.1 Å². The topological polar surface area (TPSA) is 19.6 Å². The van der Waals surface area contributed by atoms with Crippen molar-refractivity contribution in [3.63, 3.8) is 0 Å². The lowest BCUT2D eigenvalue weighted by atomic mass is 9.35. The van der Waals surface area contributed by atoms with Gasteiger partial charge in [-0.2, -0.15) is 0 Å². The predicted molar refractivity (Wildman–Crippen MR) is 322 cm³/mol. The number of furan rings is 1. The first-order chi connectivity index (χ1) is 36.2. The number of hydrogen-bond donors (Lipinski definition) is 0. The average Bonchev–Trinajstić information content (AvgIpc) is 4.03. The lowest BCUT2D eigenvalue weighted by Crippen LogP contribution is -2.61. The van der Waals surface area contributed by atoms with Crippen molar-refractivity contribution in [1.29, 1.82) is 0 Å². The fourth-order valence-corrected chi connectivity index (χ4v) is 15.0. The van der Waals surface area contributed by atoms with Crippen molar-refractivity contribution in [3.8, 4) is 11.1 Å². The van der Waals surface area contributed by atoms with Crippen LogP contribution >= 0.6 is 0 Å². The number of benzene rings is 8. The van der Waals surface area contributed by atoms with E-state index in [1.807, 2.05) is 0 Å². The van der Waals surface area contributed by atoms with Crippen LogP contribution in [-0.4, -0.2) is 6.71 Å². The van der Waals surface area contributed by atoms with Crippen LogP contribution in [0, 0.1) is 6.92 Å². The SMILES string of the molecule is Cc1cc2c3c(c1)N(c1ccc4c(c1)C(c1ccccc1)(c1ccccc1)c1ccccc1-4)c1c(oc4cc5c(cc14)C(C)(C)CCC5(C)C)B3c1cc3c(cc1N2c1ccc(C(C)(C)C)cc1)C(C)(C)CCC3(C)C. The molecular formula is C72H71BN2O. The Morgan fingerprint density at radius 1 is 0.461 bits per heavy atom. The summed E-state index contributed by atoms with van der Waals surface area (Å²) in [5.74, 6) is 0. The van der Waals surface area contributed by atoms with E-state index in [2.05, 4.69) is 257 Å². The summed E-state index contributed by atoms with van der Waals surface area (Å²) >= 11 is 0. The monoisotopic (exact) mass is 991 g/mol. The summed E-state index contributed by atoms with van der Waals surface area (Å²) in [6.45, 7) is 28.8. The number of rotatable bonds is 4. The quantitative estimate of drug-likeness (QED) is 0.164. The third-order valence-corrected chi connectivity index (χ3v) is 19.4. The Labute approximate surface area is 452 Å². The van der Waals surface area contributed by atoms with E-state index in [4.69, 9.17) is 4.42 Å². The van der Waals surface area contributed by atoms with Gasteiger partial charge in [0.1, 0.15) is 5.58 Å². The molecule has 0 bridgehead atoms. The van der Waals surface area contributed by atoms with E-state index in [0.29, 0.717) is 0 Å². The number of hydrogen-bond acceptors (Lipinski definition) is 3. The van der Waals surface area contributed by atoms with E-state index in [9.17, 15) is 0 Å². The molecule has 8 aromatic carbocycles. The molecule has 3 aliphatic carbocycles. The van der Waals surface area contributed by atoms with Crippen molar-refractivity contribution in [2.45, 2.75) is 141 Å². The van der Waals surface area contributed by atoms with Gasteiger partial charge in [0.15, 0.2) is 0 Å². The van der Waals surface area contributed by atoms with Crippen molar-refractivity contribution in [2.24, 2.45) is 0 Å². The molecule has 0 atom stereocenters. The van der Waals surface area contributed by atoms with Gasteiger partial charge in [0, 0.05) is 33.8 Å². The summed E-state index contributed by atoms with van der Waals surface area (Å²) in [4.78, 5) is 5.25. The molecule has 0 amide bonds. The van der Waals surface area contributed by atoms with Gasteiger partial charge in [-0.25, -0.2) is 0 Å². The van der Waals surface area contributed by atoms with Gasteiger partial charge in [-0.1, -0.05) is 185 Å². The van der Waals surface area contributed by atoms with Crippen LogP contribution in [0.15, 0.2) is 168 Å². The molecule has 0 unspecified atom stereocenters. The van der Waals surface area contributed by atoms with E-state index < -0.39 is 5.41 Å². The molecule has 2 aliphatic heterocycles. The minimum Gasteiger partial charge on any atom is -0.468 e. The van der Waals surface area contributed by atoms with Gasteiger partial charge >= 0.3 is 0 Å². The van der Waals surface area contributed by atoms with Crippen LogP contribution in [0.1, 0.15) is 157 Å². The van der Waals surface area contributed by atoms with Gasteiger partial charge in [0.25, 0.3) is 6.71 Å². The van der Waals surface area contributed by atoms with Crippen molar-refractivity contribution < 1.29 is 4.42 Å². The summed E-state index contributed by atoms with van der Waals surface area (Å²) in [6, 6.07) is 63.7. The van der Waals surface area contributed by atoms with E-state index in [1.54, 1.807) is 0 Å². The van der Waals surface area contributed by atoms with Crippen molar-refractivity contribution >= 4 is 68.4 Å². The summed E-state index contributed by atoms with van der Waals surface area (Å²) in [6.07, 6.45) is 4.57. The highest BCUT2D eigenvalue weighted by Gasteiger charge is 2.51. The highest BCUT2D eigenvalue weighted by Crippen LogP contribution is 2.59. The third-order valence-electron chi connectivity index (χ3n) is 19.4. The fourth-order valence-electron chi connectivity index (χ4n) is 15.0. The summed E-state index contributed by atoms with van der Waals surface area (Å²) < 4.78 is 7.80. The molecule has 0 radical (unpaired) electrons. The zero-order valence-electron chi connectivity index (χ0n) is 46.8. The fraction of sp³-hybridized carbons (Fsp3) is 0.306. The molecule has 3 nitrogen and oxygen atoms in total. The Morgan fingerprint density at radius 2 is 0.974 bits per heavy atom. The van der Waals surface area contributed by atoms with Crippen molar-refractivity contribution in [1.82, 2.24) is 0 Å². The normalized spacial score (nSPS) is 18.5. The summed E-state index contributed by atoms with van der Waals surface area (Å²) in [5, 5.41) is 1.19. The average molecular weight is 991 g/mol. The molecule has 9 aromatic rings. The van der Waals surface area contributed by atoms with Crippen LogP contribution in [-0.2, 0) is 32.5 Å². The molecular weight excluding hydrogens is 920 g/mol. The van der Waals surface area contributed by atoms with Gasteiger partial charge in [-0.3, -0.25) is 0 Å². The Hall–Kier alpha value is -7.04. The Morgan fingerprint density at radius 3 is 1.58 bits per heavy atom. The second-order valence-corrected chi connectivity index (χ2v) is 27.1. The minimum absolute atomic E-state index is 0.00655. The molecule has 0 fully saturated rings. The predicted octanol–water partition coefficient (Wildman–Crippen LogP) is 17.2. The summed E-state index contributed by atoms with van der Waals surface area (Å²) in [5.41, 5.74) is 27.4. The second kappa shape index (κ2) is 15.8. The van der Waals surface area contributed by atoms with Crippen LogP contribution in [0.2, 0.25) is 0 Å². The molecule has 0 saturated carbocycles. The van der Waals surface area contributed by atoms with Gasteiger partial charge in [0.2, 0.25) is 0 Å². The third kappa shape index (κ3) is 6.55. The first kappa shape index (κ1) is 47.4. The van der Waals surface area contributed by atoms with Crippen LogP contribution < -0.4 is 26.4 Å². The maximum Gasteiger partial charge on any atom is 0.297 e. The summed E-state index contributed by atoms with van der Waals surface area (Å²) in [7, 11) is 0.